The van der Waals surface area contributed by atoms with Crippen LogP contribution in [0.5, 0.6) is 0 Å². The molecule has 0 aliphatic heterocycles. The summed E-state index contributed by atoms with van der Waals surface area (Å²) in [7, 11) is 0. The number of benzene rings is 2. The zero-order chi connectivity index (χ0) is 15.7. The van der Waals surface area contributed by atoms with Crippen molar-refractivity contribution in [3.05, 3.63) is 64.2 Å². The fourth-order valence-corrected chi connectivity index (χ4v) is 2.43. The summed E-state index contributed by atoms with van der Waals surface area (Å²) < 4.78 is 5.35. The average molecular weight is 297 g/mol. The van der Waals surface area contributed by atoms with Gasteiger partial charge in [-0.05, 0) is 23.3 Å². The summed E-state index contributed by atoms with van der Waals surface area (Å²) >= 11 is 0. The zero-order valence-corrected chi connectivity index (χ0v) is 11.4. The van der Waals surface area contributed by atoms with Gasteiger partial charge in [0.05, 0.1) is 6.42 Å². The van der Waals surface area contributed by atoms with Gasteiger partial charge in [0.2, 0.25) is 0 Å². The lowest BCUT2D eigenvalue weighted by Crippen LogP contribution is -1.99. The maximum Gasteiger partial charge on any atom is 0.442 e. The van der Waals surface area contributed by atoms with E-state index in [0.29, 0.717) is 27.7 Å². The molecule has 3 aromatic rings. The maximum atomic E-state index is 11.2. The largest absolute Gasteiger partial charge is 0.481 e. The van der Waals surface area contributed by atoms with Gasteiger partial charge in [-0.3, -0.25) is 14.9 Å². The van der Waals surface area contributed by atoms with Gasteiger partial charge in [0.25, 0.3) is 0 Å². The van der Waals surface area contributed by atoms with Crippen molar-refractivity contribution in [1.82, 2.24) is 0 Å². The number of nitrogens with zero attached hydrogens (tertiary/aromatic N) is 1. The van der Waals surface area contributed by atoms with E-state index in [-0.39, 0.29) is 12.3 Å². The number of carboxylic acids is 1. The van der Waals surface area contributed by atoms with Gasteiger partial charge in [-0.1, -0.05) is 36.4 Å². The van der Waals surface area contributed by atoms with Gasteiger partial charge >= 0.3 is 11.9 Å². The molecule has 3 rings (SSSR count). The minimum absolute atomic E-state index is 0.162. The van der Waals surface area contributed by atoms with Gasteiger partial charge in [-0.15, -0.1) is 0 Å². The van der Waals surface area contributed by atoms with Gasteiger partial charge < -0.3 is 9.52 Å². The molecule has 0 unspecified atom stereocenters. The number of carbonyl (C=O) groups is 1. The monoisotopic (exact) mass is 297 g/mol. The molecule has 1 aromatic heterocycles. The smallest absolute Gasteiger partial charge is 0.442 e. The lowest BCUT2D eigenvalue weighted by atomic mass is 10.0. The van der Waals surface area contributed by atoms with Crippen LogP contribution in [0.1, 0.15) is 5.56 Å². The van der Waals surface area contributed by atoms with Crippen LogP contribution in [0, 0.1) is 10.1 Å². The van der Waals surface area contributed by atoms with E-state index in [9.17, 15) is 14.9 Å². The molecule has 0 saturated carbocycles. The fraction of sp³-hybridized carbons (Fsp3) is 0.0625. The molecule has 0 radical (unpaired) electrons. The Hall–Kier alpha value is -3.15. The Morgan fingerprint density at radius 3 is 2.55 bits per heavy atom. The quantitative estimate of drug-likeness (QED) is 0.586. The lowest BCUT2D eigenvalue weighted by Gasteiger charge is -1.99. The SMILES string of the molecule is O=C(O)Cc1ccc2c(-c3ccccc3)c([N+](=O)[O-])oc2c1. The molecule has 0 amide bonds. The van der Waals surface area contributed by atoms with Crippen molar-refractivity contribution in [2.45, 2.75) is 6.42 Å². The van der Waals surface area contributed by atoms with Gasteiger partial charge in [-0.25, -0.2) is 0 Å². The third kappa shape index (κ3) is 2.42. The van der Waals surface area contributed by atoms with E-state index >= 15 is 0 Å². The second kappa shape index (κ2) is 5.33. The van der Waals surface area contributed by atoms with Crippen LogP contribution in [0.2, 0.25) is 0 Å². The summed E-state index contributed by atoms with van der Waals surface area (Å²) in [4.78, 5) is 21.4. The van der Waals surface area contributed by atoms with Crippen molar-refractivity contribution in [2.75, 3.05) is 0 Å². The number of furan rings is 1. The number of aliphatic carboxylic acids is 1. The summed E-state index contributed by atoms with van der Waals surface area (Å²) in [6.45, 7) is 0. The second-order valence-electron chi connectivity index (χ2n) is 4.81. The van der Waals surface area contributed by atoms with Crippen LogP contribution in [0.25, 0.3) is 22.1 Å². The van der Waals surface area contributed by atoms with Gasteiger partial charge in [-0.2, -0.15) is 0 Å². The van der Waals surface area contributed by atoms with E-state index in [1.54, 1.807) is 36.4 Å². The van der Waals surface area contributed by atoms with E-state index < -0.39 is 10.9 Å². The van der Waals surface area contributed by atoms with Crippen LogP contribution in [0.15, 0.2) is 52.9 Å². The van der Waals surface area contributed by atoms with Crippen LogP contribution in [-0.4, -0.2) is 16.0 Å². The highest BCUT2D eigenvalue weighted by molar-refractivity contribution is 5.99. The Morgan fingerprint density at radius 2 is 1.91 bits per heavy atom. The first-order valence-electron chi connectivity index (χ1n) is 6.53. The van der Waals surface area contributed by atoms with Crippen molar-refractivity contribution in [3.63, 3.8) is 0 Å². The molecule has 0 atom stereocenters. The molecular weight excluding hydrogens is 286 g/mol. The molecule has 22 heavy (non-hydrogen) atoms. The van der Waals surface area contributed by atoms with E-state index in [1.165, 1.54) is 6.07 Å². The molecule has 6 nitrogen and oxygen atoms in total. The highest BCUT2D eigenvalue weighted by Gasteiger charge is 2.25. The van der Waals surface area contributed by atoms with Crippen molar-refractivity contribution in [1.29, 1.82) is 0 Å². The summed E-state index contributed by atoms with van der Waals surface area (Å²) in [6.07, 6.45) is -0.162. The van der Waals surface area contributed by atoms with Gasteiger partial charge in [0, 0.05) is 5.39 Å². The predicted octanol–water partition coefficient (Wildman–Crippen LogP) is 3.64. The van der Waals surface area contributed by atoms with Crippen LogP contribution < -0.4 is 0 Å². The summed E-state index contributed by atoms with van der Waals surface area (Å²) in [5, 5.41) is 20.7. The van der Waals surface area contributed by atoms with Crippen molar-refractivity contribution >= 4 is 22.8 Å². The predicted molar refractivity (Wildman–Crippen MR) is 79.6 cm³/mol. The van der Waals surface area contributed by atoms with Crippen LogP contribution >= 0.6 is 0 Å². The van der Waals surface area contributed by atoms with Crippen molar-refractivity contribution in [3.8, 4) is 11.1 Å². The summed E-state index contributed by atoms with van der Waals surface area (Å²) in [5.41, 5.74) is 1.92. The number of rotatable bonds is 4. The fourth-order valence-electron chi connectivity index (χ4n) is 2.43. The Balaban J connectivity index is 2.23. The van der Waals surface area contributed by atoms with Crippen LogP contribution in [0.3, 0.4) is 0 Å². The molecule has 110 valence electrons. The highest BCUT2D eigenvalue weighted by Crippen LogP contribution is 2.39. The Morgan fingerprint density at radius 1 is 1.18 bits per heavy atom. The first kappa shape index (κ1) is 13.8. The average Bonchev–Trinajstić information content (AvgIpc) is 2.86. The normalized spacial score (nSPS) is 10.7. The molecule has 0 spiro atoms. The van der Waals surface area contributed by atoms with E-state index in [1.807, 2.05) is 6.07 Å². The molecule has 0 aliphatic rings. The standard InChI is InChI=1S/C16H11NO5/c18-14(19)9-10-6-7-12-13(8-10)22-16(17(20)21)15(12)11-4-2-1-3-5-11/h1-8H,9H2,(H,18,19). The Kier molecular flexibility index (Phi) is 3.34. The minimum atomic E-state index is -0.969. The molecule has 0 aliphatic carbocycles. The van der Waals surface area contributed by atoms with Crippen LogP contribution in [-0.2, 0) is 11.2 Å². The summed E-state index contributed by atoms with van der Waals surface area (Å²) in [6, 6.07) is 13.8. The Labute approximate surface area is 124 Å². The van der Waals surface area contributed by atoms with E-state index in [0.717, 1.165) is 0 Å². The molecule has 6 heteroatoms. The molecule has 0 fully saturated rings. The minimum Gasteiger partial charge on any atom is -0.481 e. The third-order valence-corrected chi connectivity index (χ3v) is 3.32. The van der Waals surface area contributed by atoms with Crippen molar-refractivity contribution in [2.24, 2.45) is 0 Å². The third-order valence-electron chi connectivity index (χ3n) is 3.32. The first-order valence-corrected chi connectivity index (χ1v) is 6.53. The number of hydrogen-bond donors (Lipinski definition) is 1. The number of carboxylic acid groups (broad SMARTS) is 1. The first-order chi connectivity index (χ1) is 10.6. The molecule has 2 aromatic carbocycles. The number of nitro groups is 1. The number of hydrogen-bond acceptors (Lipinski definition) is 4. The maximum absolute atomic E-state index is 11.2. The van der Waals surface area contributed by atoms with Crippen LogP contribution in [0.4, 0.5) is 5.88 Å². The summed E-state index contributed by atoms with van der Waals surface area (Å²) in [5.74, 6) is -1.31. The van der Waals surface area contributed by atoms with Gasteiger partial charge in [0.1, 0.15) is 16.1 Å². The molecule has 1 heterocycles. The number of fused-ring (bicyclic) bond motifs is 1. The molecular formula is C16H11NO5. The second-order valence-corrected chi connectivity index (χ2v) is 4.81. The van der Waals surface area contributed by atoms with Crippen molar-refractivity contribution < 1.29 is 19.2 Å². The highest BCUT2D eigenvalue weighted by atomic mass is 16.6. The lowest BCUT2D eigenvalue weighted by molar-refractivity contribution is -0.400. The molecule has 0 saturated heterocycles. The molecule has 0 bridgehead atoms. The Bertz CT molecular complexity index is 867. The topological polar surface area (TPSA) is 93.6 Å². The van der Waals surface area contributed by atoms with E-state index in [2.05, 4.69) is 0 Å². The van der Waals surface area contributed by atoms with E-state index in [4.69, 9.17) is 9.52 Å². The molecule has 1 N–H and O–H groups in total. The zero-order valence-electron chi connectivity index (χ0n) is 11.4. The van der Waals surface area contributed by atoms with Gasteiger partial charge in [0.15, 0.2) is 0 Å².